The van der Waals surface area contributed by atoms with Crippen LogP contribution in [0.3, 0.4) is 0 Å². The van der Waals surface area contributed by atoms with E-state index in [0.717, 1.165) is 11.3 Å². The lowest BCUT2D eigenvalue weighted by molar-refractivity contribution is -0.121. The summed E-state index contributed by atoms with van der Waals surface area (Å²) in [6.07, 6.45) is 1.95. The SMILES string of the molecule is CCOc1cccc(C(C)NC(=O)CCc2nc(-c3ncn[nH]3)no2)c1. The molecule has 1 amide bonds. The second-order valence-corrected chi connectivity index (χ2v) is 5.64. The second-order valence-electron chi connectivity index (χ2n) is 5.64. The number of aryl methyl sites for hydroxylation is 1. The number of rotatable bonds is 8. The van der Waals surface area contributed by atoms with Crippen molar-refractivity contribution in [1.29, 1.82) is 0 Å². The molecule has 2 N–H and O–H groups in total. The van der Waals surface area contributed by atoms with Crippen LogP contribution in [-0.2, 0) is 11.2 Å². The summed E-state index contributed by atoms with van der Waals surface area (Å²) in [6, 6.07) is 7.55. The minimum absolute atomic E-state index is 0.0984. The Labute approximate surface area is 150 Å². The first-order valence-corrected chi connectivity index (χ1v) is 8.36. The van der Waals surface area contributed by atoms with Crippen LogP contribution in [0.15, 0.2) is 35.1 Å². The maximum atomic E-state index is 12.2. The average Bonchev–Trinajstić information content (AvgIpc) is 3.32. The highest BCUT2D eigenvalue weighted by molar-refractivity contribution is 5.76. The van der Waals surface area contributed by atoms with Crippen LogP contribution < -0.4 is 10.1 Å². The Morgan fingerprint density at radius 3 is 3.08 bits per heavy atom. The lowest BCUT2D eigenvalue weighted by Gasteiger charge is -2.15. The number of aromatic amines is 1. The summed E-state index contributed by atoms with van der Waals surface area (Å²) in [5.74, 6) is 1.81. The number of hydrogen-bond acceptors (Lipinski definition) is 7. The van der Waals surface area contributed by atoms with Crippen LogP contribution in [0.2, 0.25) is 0 Å². The summed E-state index contributed by atoms with van der Waals surface area (Å²) in [5, 5.41) is 13.1. The number of ether oxygens (including phenoxy) is 1. The Morgan fingerprint density at radius 2 is 2.31 bits per heavy atom. The van der Waals surface area contributed by atoms with Gasteiger partial charge in [-0.15, -0.1) is 0 Å². The molecule has 0 bridgehead atoms. The molecule has 0 fully saturated rings. The Morgan fingerprint density at radius 1 is 1.42 bits per heavy atom. The van der Waals surface area contributed by atoms with E-state index in [1.807, 2.05) is 38.1 Å². The molecular formula is C17H20N6O3. The second kappa shape index (κ2) is 8.24. The largest absolute Gasteiger partial charge is 0.494 e. The van der Waals surface area contributed by atoms with E-state index < -0.39 is 0 Å². The van der Waals surface area contributed by atoms with Gasteiger partial charge >= 0.3 is 0 Å². The zero-order valence-electron chi connectivity index (χ0n) is 14.6. The maximum absolute atomic E-state index is 12.2. The average molecular weight is 356 g/mol. The van der Waals surface area contributed by atoms with Gasteiger partial charge in [0.25, 0.3) is 0 Å². The molecule has 0 saturated carbocycles. The molecule has 1 aromatic carbocycles. The fourth-order valence-corrected chi connectivity index (χ4v) is 2.42. The van der Waals surface area contributed by atoms with Gasteiger partial charge in [-0.3, -0.25) is 9.89 Å². The number of carbonyl (C=O) groups excluding carboxylic acids is 1. The van der Waals surface area contributed by atoms with E-state index in [9.17, 15) is 4.79 Å². The van der Waals surface area contributed by atoms with Crippen molar-refractivity contribution in [1.82, 2.24) is 30.6 Å². The number of nitrogens with one attached hydrogen (secondary N) is 2. The number of nitrogens with zero attached hydrogens (tertiary/aromatic N) is 4. The van der Waals surface area contributed by atoms with E-state index in [1.165, 1.54) is 6.33 Å². The first-order valence-electron chi connectivity index (χ1n) is 8.36. The minimum atomic E-state index is -0.129. The molecule has 1 unspecified atom stereocenters. The van der Waals surface area contributed by atoms with Crippen molar-refractivity contribution in [3.8, 4) is 17.4 Å². The summed E-state index contributed by atoms with van der Waals surface area (Å²) < 4.78 is 10.6. The van der Waals surface area contributed by atoms with Gasteiger partial charge in [-0.1, -0.05) is 17.3 Å². The highest BCUT2D eigenvalue weighted by Crippen LogP contribution is 2.19. The molecule has 9 heteroatoms. The molecule has 0 aliphatic carbocycles. The van der Waals surface area contributed by atoms with E-state index in [2.05, 4.69) is 30.6 Å². The molecule has 2 aromatic heterocycles. The zero-order valence-corrected chi connectivity index (χ0v) is 14.6. The summed E-state index contributed by atoms with van der Waals surface area (Å²) in [6.45, 7) is 4.46. The molecule has 0 spiro atoms. The monoisotopic (exact) mass is 356 g/mol. The topological polar surface area (TPSA) is 119 Å². The van der Waals surface area contributed by atoms with Crippen LogP contribution in [0.1, 0.15) is 37.8 Å². The van der Waals surface area contributed by atoms with Crippen LogP contribution >= 0.6 is 0 Å². The quantitative estimate of drug-likeness (QED) is 0.634. The summed E-state index contributed by atoms with van der Waals surface area (Å²) in [4.78, 5) is 20.3. The molecule has 136 valence electrons. The van der Waals surface area contributed by atoms with Crippen molar-refractivity contribution in [3.63, 3.8) is 0 Å². The first kappa shape index (κ1) is 17.6. The summed E-state index contributed by atoms with van der Waals surface area (Å²) >= 11 is 0. The van der Waals surface area contributed by atoms with Gasteiger partial charge in [-0.2, -0.15) is 10.1 Å². The highest BCUT2D eigenvalue weighted by atomic mass is 16.5. The lowest BCUT2D eigenvalue weighted by atomic mass is 10.1. The minimum Gasteiger partial charge on any atom is -0.494 e. The molecule has 9 nitrogen and oxygen atoms in total. The van der Waals surface area contributed by atoms with E-state index in [0.29, 0.717) is 30.6 Å². The van der Waals surface area contributed by atoms with Crippen LogP contribution in [0, 0.1) is 0 Å². The van der Waals surface area contributed by atoms with Gasteiger partial charge in [-0.25, -0.2) is 4.98 Å². The van der Waals surface area contributed by atoms with Crippen LogP contribution in [-0.4, -0.2) is 37.8 Å². The third-order valence-electron chi connectivity index (χ3n) is 3.71. The molecule has 0 aliphatic rings. The van der Waals surface area contributed by atoms with Crippen LogP contribution in [0.4, 0.5) is 0 Å². The summed E-state index contributed by atoms with van der Waals surface area (Å²) in [7, 11) is 0. The van der Waals surface area contributed by atoms with Gasteiger partial charge in [0, 0.05) is 12.8 Å². The van der Waals surface area contributed by atoms with E-state index >= 15 is 0 Å². The predicted octanol–water partition coefficient (Wildman–Crippen LogP) is 2.06. The Bertz CT molecular complexity index is 846. The van der Waals surface area contributed by atoms with Crippen molar-refractivity contribution in [2.75, 3.05) is 6.61 Å². The third-order valence-corrected chi connectivity index (χ3v) is 3.71. The molecule has 0 aliphatic heterocycles. The molecule has 2 heterocycles. The fourth-order valence-electron chi connectivity index (χ4n) is 2.42. The van der Waals surface area contributed by atoms with E-state index in [4.69, 9.17) is 9.26 Å². The van der Waals surface area contributed by atoms with Crippen LogP contribution in [0.25, 0.3) is 11.6 Å². The van der Waals surface area contributed by atoms with Gasteiger partial charge in [0.2, 0.25) is 17.6 Å². The number of aromatic nitrogens is 5. The lowest BCUT2D eigenvalue weighted by Crippen LogP contribution is -2.26. The smallest absolute Gasteiger partial charge is 0.239 e. The first-order chi connectivity index (χ1) is 12.7. The standard InChI is InChI=1S/C17H20N6O3/c1-3-25-13-6-4-5-12(9-13)11(2)20-14(24)7-8-15-21-17(23-26-15)16-18-10-19-22-16/h4-6,9-11H,3,7-8H2,1-2H3,(H,20,24)(H,18,19,22). The number of carbonyl (C=O) groups is 1. The third kappa shape index (κ3) is 4.44. The zero-order chi connectivity index (χ0) is 18.4. The molecule has 1 atom stereocenters. The Kier molecular flexibility index (Phi) is 5.57. The number of H-pyrrole nitrogens is 1. The fraction of sp³-hybridized carbons (Fsp3) is 0.353. The molecule has 3 rings (SSSR count). The molecular weight excluding hydrogens is 336 g/mol. The van der Waals surface area contributed by atoms with Gasteiger partial charge in [0.15, 0.2) is 5.82 Å². The molecule has 0 saturated heterocycles. The molecule has 3 aromatic rings. The van der Waals surface area contributed by atoms with Crippen molar-refractivity contribution in [2.24, 2.45) is 0 Å². The maximum Gasteiger partial charge on any atom is 0.239 e. The summed E-state index contributed by atoms with van der Waals surface area (Å²) in [5.41, 5.74) is 0.981. The van der Waals surface area contributed by atoms with Gasteiger partial charge in [0.1, 0.15) is 12.1 Å². The van der Waals surface area contributed by atoms with Crippen molar-refractivity contribution < 1.29 is 14.1 Å². The molecule has 26 heavy (non-hydrogen) atoms. The van der Waals surface area contributed by atoms with Gasteiger partial charge < -0.3 is 14.6 Å². The van der Waals surface area contributed by atoms with Crippen molar-refractivity contribution in [2.45, 2.75) is 32.7 Å². The Hall–Kier alpha value is -3.23. The van der Waals surface area contributed by atoms with Gasteiger partial charge in [-0.05, 0) is 31.5 Å². The van der Waals surface area contributed by atoms with E-state index in [1.54, 1.807) is 0 Å². The predicted molar refractivity (Wildman–Crippen MR) is 92.2 cm³/mol. The number of hydrogen-bond donors (Lipinski definition) is 2. The Balaban J connectivity index is 1.51. The normalized spacial score (nSPS) is 11.9. The van der Waals surface area contributed by atoms with Gasteiger partial charge in [0.05, 0.1) is 12.6 Å². The number of amides is 1. The highest BCUT2D eigenvalue weighted by Gasteiger charge is 2.14. The van der Waals surface area contributed by atoms with E-state index in [-0.39, 0.29) is 18.4 Å². The molecule has 0 radical (unpaired) electrons. The van der Waals surface area contributed by atoms with Crippen molar-refractivity contribution in [3.05, 3.63) is 42.0 Å². The van der Waals surface area contributed by atoms with Crippen LogP contribution in [0.5, 0.6) is 5.75 Å². The number of benzene rings is 1. The van der Waals surface area contributed by atoms with Crippen molar-refractivity contribution >= 4 is 5.91 Å².